The summed E-state index contributed by atoms with van der Waals surface area (Å²) in [7, 11) is 1.96. The van der Waals surface area contributed by atoms with Crippen LogP contribution in [0.4, 0.5) is 0 Å². The molecule has 0 amide bonds. The lowest BCUT2D eigenvalue weighted by Gasteiger charge is -2.12. The van der Waals surface area contributed by atoms with E-state index in [4.69, 9.17) is 0 Å². The van der Waals surface area contributed by atoms with Gasteiger partial charge in [0.15, 0.2) is 16.8 Å². The summed E-state index contributed by atoms with van der Waals surface area (Å²) in [6, 6.07) is 11.8. The number of hydrogen-bond donors (Lipinski definition) is 0. The number of carbonyl (C=O) groups is 1. The summed E-state index contributed by atoms with van der Waals surface area (Å²) in [4.78, 5) is 17.1. The molecule has 6 nitrogen and oxygen atoms in total. The lowest BCUT2D eigenvalue weighted by Crippen LogP contribution is -2.09. The predicted molar refractivity (Wildman–Crippen MR) is 116 cm³/mol. The Morgan fingerprint density at radius 1 is 1.14 bits per heavy atom. The van der Waals surface area contributed by atoms with Crippen LogP contribution in [-0.2, 0) is 13.6 Å². The number of aromatic nitrogens is 5. The molecule has 0 atom stereocenters. The maximum absolute atomic E-state index is 13.0. The van der Waals surface area contributed by atoms with E-state index < -0.39 is 0 Å². The summed E-state index contributed by atoms with van der Waals surface area (Å²) in [5, 5.41) is 10.5. The number of carbonyl (C=O) groups excluding carboxylic acids is 1. The number of thioether (sulfide) groups is 1. The molecule has 0 radical (unpaired) electrons. The normalized spacial score (nSPS) is 11.4. The van der Waals surface area contributed by atoms with Gasteiger partial charge in [0.2, 0.25) is 0 Å². The molecule has 0 unspecified atom stereocenters. The number of fused-ring (bicyclic) bond motifs is 1. The summed E-state index contributed by atoms with van der Waals surface area (Å²) in [5.74, 6) is 1.62. The van der Waals surface area contributed by atoms with Gasteiger partial charge in [-0.2, -0.15) is 0 Å². The topological polar surface area (TPSA) is 65.6 Å². The van der Waals surface area contributed by atoms with Gasteiger partial charge < -0.3 is 9.13 Å². The largest absolute Gasteiger partial charge is 0.350 e. The minimum atomic E-state index is 0.0915. The summed E-state index contributed by atoms with van der Waals surface area (Å²) >= 11 is 1.44. The smallest absolute Gasteiger partial charge is 0.191 e. The number of hydrogen-bond acceptors (Lipinski definition) is 5. The van der Waals surface area contributed by atoms with Crippen LogP contribution < -0.4 is 0 Å². The van der Waals surface area contributed by atoms with Gasteiger partial charge in [-0.25, -0.2) is 0 Å². The summed E-state index contributed by atoms with van der Waals surface area (Å²) in [5.41, 5.74) is 2.73. The molecular weight excluding hydrogens is 382 g/mol. The lowest BCUT2D eigenvalue weighted by molar-refractivity contribution is 0.102. The number of Topliss-reactive ketones (excluding diaryl/α,β-unsaturated/α-hetero) is 1. The molecule has 0 aliphatic carbocycles. The third-order valence-electron chi connectivity index (χ3n) is 4.71. The van der Waals surface area contributed by atoms with Crippen molar-refractivity contribution in [1.29, 1.82) is 0 Å². The molecular formula is C22H23N5OS. The van der Waals surface area contributed by atoms with E-state index in [0.717, 1.165) is 39.6 Å². The quantitative estimate of drug-likeness (QED) is 0.335. The fourth-order valence-corrected chi connectivity index (χ4v) is 4.24. The van der Waals surface area contributed by atoms with E-state index in [-0.39, 0.29) is 5.78 Å². The number of aryl methyl sites for hydroxylation is 1. The zero-order valence-electron chi connectivity index (χ0n) is 16.7. The van der Waals surface area contributed by atoms with Crippen molar-refractivity contribution in [2.75, 3.05) is 5.75 Å². The average Bonchev–Trinajstić information content (AvgIpc) is 3.28. The second-order valence-electron chi connectivity index (χ2n) is 7.44. The zero-order valence-corrected chi connectivity index (χ0v) is 17.6. The van der Waals surface area contributed by atoms with E-state index in [1.54, 1.807) is 12.4 Å². The fraction of sp³-hybridized carbons (Fsp3) is 0.273. The van der Waals surface area contributed by atoms with Crippen molar-refractivity contribution in [1.82, 2.24) is 24.3 Å². The summed E-state index contributed by atoms with van der Waals surface area (Å²) in [6.07, 6.45) is 5.44. The van der Waals surface area contributed by atoms with Crippen molar-refractivity contribution < 1.29 is 4.79 Å². The summed E-state index contributed by atoms with van der Waals surface area (Å²) < 4.78 is 4.08. The maximum atomic E-state index is 13.0. The van der Waals surface area contributed by atoms with Crippen molar-refractivity contribution in [3.63, 3.8) is 0 Å². The molecule has 0 fully saturated rings. The molecule has 0 bridgehead atoms. The van der Waals surface area contributed by atoms with Crippen LogP contribution in [0.2, 0.25) is 0 Å². The highest BCUT2D eigenvalue weighted by molar-refractivity contribution is 7.99. The van der Waals surface area contributed by atoms with Gasteiger partial charge in [0.05, 0.1) is 5.75 Å². The van der Waals surface area contributed by atoms with Gasteiger partial charge in [-0.3, -0.25) is 9.78 Å². The number of pyridine rings is 1. The Balaban J connectivity index is 1.59. The maximum Gasteiger partial charge on any atom is 0.191 e. The Morgan fingerprint density at radius 2 is 1.97 bits per heavy atom. The first kappa shape index (κ1) is 19.4. The molecule has 148 valence electrons. The number of para-hydroxylation sites is 1. The molecule has 0 aliphatic rings. The molecule has 0 aliphatic heterocycles. The van der Waals surface area contributed by atoms with Gasteiger partial charge in [-0.05, 0) is 24.1 Å². The van der Waals surface area contributed by atoms with Crippen molar-refractivity contribution in [2.24, 2.45) is 13.0 Å². The SMILES string of the molecule is CC(C)Cn1c(SCC(=O)c2cn(C)c3ccccc23)nnc1-c1cccnc1. The zero-order chi connectivity index (χ0) is 20.4. The van der Waals surface area contributed by atoms with E-state index in [1.807, 2.05) is 54.2 Å². The molecule has 0 N–H and O–H groups in total. The van der Waals surface area contributed by atoms with Gasteiger partial charge in [0.1, 0.15) is 0 Å². The number of nitrogens with zero attached hydrogens (tertiary/aromatic N) is 5. The molecule has 3 aromatic heterocycles. The highest BCUT2D eigenvalue weighted by atomic mass is 32.2. The van der Waals surface area contributed by atoms with Crippen LogP contribution in [0.25, 0.3) is 22.3 Å². The molecule has 29 heavy (non-hydrogen) atoms. The van der Waals surface area contributed by atoms with Crippen LogP contribution in [0.5, 0.6) is 0 Å². The molecule has 7 heteroatoms. The fourth-order valence-electron chi connectivity index (χ4n) is 3.41. The van der Waals surface area contributed by atoms with Crippen LogP contribution >= 0.6 is 11.8 Å². The van der Waals surface area contributed by atoms with E-state index in [1.165, 1.54) is 11.8 Å². The van der Waals surface area contributed by atoms with Gasteiger partial charge in [-0.15, -0.1) is 10.2 Å². The van der Waals surface area contributed by atoms with Crippen molar-refractivity contribution in [3.05, 3.63) is 60.6 Å². The molecule has 1 aromatic carbocycles. The molecule has 0 saturated heterocycles. The standard InChI is InChI=1S/C22H23N5OS/c1-15(2)12-27-21(16-7-6-10-23-11-16)24-25-22(27)29-14-20(28)18-13-26(3)19-9-5-4-8-17(18)19/h4-11,13,15H,12,14H2,1-3H3. The van der Waals surface area contributed by atoms with E-state index in [2.05, 4.69) is 33.6 Å². The van der Waals surface area contributed by atoms with E-state index >= 15 is 0 Å². The lowest BCUT2D eigenvalue weighted by atomic mass is 10.1. The van der Waals surface area contributed by atoms with Crippen LogP contribution in [-0.4, -0.2) is 35.9 Å². The third-order valence-corrected chi connectivity index (χ3v) is 5.68. The molecule has 0 spiro atoms. The van der Waals surface area contributed by atoms with E-state index in [0.29, 0.717) is 11.7 Å². The first-order valence-electron chi connectivity index (χ1n) is 9.58. The van der Waals surface area contributed by atoms with Crippen molar-refractivity contribution >= 4 is 28.4 Å². The predicted octanol–water partition coefficient (Wildman–Crippen LogP) is 4.46. The third kappa shape index (κ3) is 3.96. The Labute approximate surface area is 174 Å². The second kappa shape index (κ2) is 8.21. The van der Waals surface area contributed by atoms with Crippen molar-refractivity contribution in [2.45, 2.75) is 25.5 Å². The molecule has 3 heterocycles. The molecule has 4 rings (SSSR count). The van der Waals surface area contributed by atoms with Crippen molar-refractivity contribution in [3.8, 4) is 11.4 Å². The highest BCUT2D eigenvalue weighted by Gasteiger charge is 2.19. The number of rotatable bonds is 7. The van der Waals surface area contributed by atoms with Crippen LogP contribution in [0.1, 0.15) is 24.2 Å². The minimum absolute atomic E-state index is 0.0915. The first-order chi connectivity index (χ1) is 14.0. The number of benzene rings is 1. The minimum Gasteiger partial charge on any atom is -0.350 e. The Morgan fingerprint density at radius 3 is 2.72 bits per heavy atom. The van der Waals surface area contributed by atoms with Gasteiger partial charge in [0.25, 0.3) is 0 Å². The second-order valence-corrected chi connectivity index (χ2v) is 8.38. The monoisotopic (exact) mass is 405 g/mol. The van der Waals surface area contributed by atoms with Crippen LogP contribution in [0, 0.1) is 5.92 Å². The van der Waals surface area contributed by atoms with Gasteiger partial charge in [-0.1, -0.05) is 43.8 Å². The number of ketones is 1. The Hall–Kier alpha value is -2.93. The van der Waals surface area contributed by atoms with E-state index in [9.17, 15) is 4.79 Å². The summed E-state index contributed by atoms with van der Waals surface area (Å²) in [6.45, 7) is 5.09. The molecule has 0 saturated carbocycles. The van der Waals surface area contributed by atoms with Gasteiger partial charge >= 0.3 is 0 Å². The van der Waals surface area contributed by atoms with Gasteiger partial charge in [0, 0.05) is 54.2 Å². The Bertz CT molecular complexity index is 1150. The van der Waals surface area contributed by atoms with Crippen LogP contribution in [0.3, 0.4) is 0 Å². The average molecular weight is 406 g/mol. The molecule has 4 aromatic rings. The Kier molecular flexibility index (Phi) is 5.49. The highest BCUT2D eigenvalue weighted by Crippen LogP contribution is 2.27. The first-order valence-corrected chi connectivity index (χ1v) is 10.6. The van der Waals surface area contributed by atoms with Crippen LogP contribution in [0.15, 0.2) is 60.1 Å².